The predicted molar refractivity (Wildman–Crippen MR) is 137 cm³/mol. The second kappa shape index (κ2) is 9.32. The van der Waals surface area contributed by atoms with Crippen molar-refractivity contribution in [2.75, 3.05) is 12.3 Å². The summed E-state index contributed by atoms with van der Waals surface area (Å²) in [5, 5.41) is 9.22. The number of pyridine rings is 1. The molecule has 3 heterocycles. The fraction of sp³-hybridized carbons (Fsp3) is 0.346. The number of H-pyrrole nitrogens is 1. The number of carbonyl (C=O) groups excluding carboxylic acids is 1. The van der Waals surface area contributed by atoms with Crippen molar-refractivity contribution in [2.24, 2.45) is 17.6 Å². The van der Waals surface area contributed by atoms with Crippen molar-refractivity contribution in [3.05, 3.63) is 41.7 Å². The number of aromatic amines is 1. The van der Waals surface area contributed by atoms with Crippen LogP contribution in [-0.2, 0) is 0 Å². The number of carbonyl (C=O) groups is 1. The van der Waals surface area contributed by atoms with Gasteiger partial charge in [-0.3, -0.25) is 4.79 Å². The third-order valence-corrected chi connectivity index (χ3v) is 6.42. The second-order valence-electron chi connectivity index (χ2n) is 9.39. The van der Waals surface area contributed by atoms with Crippen LogP contribution in [0, 0.1) is 17.2 Å². The molecule has 1 amide bonds. The van der Waals surface area contributed by atoms with Gasteiger partial charge in [0.05, 0.1) is 23.5 Å². The van der Waals surface area contributed by atoms with Crippen LogP contribution in [0.5, 0.6) is 6.01 Å². The molecule has 0 aliphatic heterocycles. The molecule has 2 aliphatic carbocycles. The Bertz CT molecular complexity index is 1420. The van der Waals surface area contributed by atoms with Crippen LogP contribution in [0.2, 0.25) is 0 Å². The van der Waals surface area contributed by atoms with Crippen LogP contribution < -0.4 is 16.2 Å². The highest BCUT2D eigenvalue weighted by molar-refractivity contribution is 6.20. The molecule has 6 N–H and O–H groups in total. The summed E-state index contributed by atoms with van der Waals surface area (Å²) in [6.07, 6.45) is 9.28. The minimum atomic E-state index is -0.669. The number of nitrogens with one attached hydrogen (secondary N) is 2. The molecule has 0 saturated heterocycles. The predicted octanol–water partition coefficient (Wildman–Crippen LogP) is 4.45. The fourth-order valence-electron chi connectivity index (χ4n) is 3.94. The Morgan fingerprint density at radius 1 is 1.20 bits per heavy atom. The van der Waals surface area contributed by atoms with Gasteiger partial charge in [-0.05, 0) is 42.5 Å². The van der Waals surface area contributed by atoms with Crippen LogP contribution in [0.25, 0.3) is 33.2 Å². The van der Waals surface area contributed by atoms with Crippen molar-refractivity contribution in [1.29, 1.82) is 5.41 Å². The first kappa shape index (κ1) is 22.8. The summed E-state index contributed by atoms with van der Waals surface area (Å²) >= 11 is 0. The summed E-state index contributed by atoms with van der Waals surface area (Å²) in [5.41, 5.74) is 15.0. The Labute approximate surface area is 202 Å². The lowest BCUT2D eigenvalue weighted by Crippen LogP contribution is -2.14. The Morgan fingerprint density at radius 3 is 2.63 bits per heavy atom. The molecule has 0 unspecified atom stereocenters. The smallest absolute Gasteiger partial charge is 0.316 e. The number of nitrogens with two attached hydrogens (primary N) is 2. The number of nitrogens with zero attached hydrogens (tertiary/aromatic N) is 3. The number of anilines is 1. The van der Waals surface area contributed by atoms with E-state index in [0.29, 0.717) is 40.1 Å². The van der Waals surface area contributed by atoms with Gasteiger partial charge >= 0.3 is 6.01 Å². The van der Waals surface area contributed by atoms with E-state index in [1.165, 1.54) is 31.9 Å². The average Bonchev–Trinajstić information content (AvgIpc) is 3.79. The zero-order chi connectivity index (χ0) is 24.5. The Hall–Kier alpha value is -4.01. The van der Waals surface area contributed by atoms with Crippen molar-refractivity contribution in [2.45, 2.75) is 39.0 Å². The number of nitrogen functional groups attached to an aromatic ring is 1. The van der Waals surface area contributed by atoms with E-state index in [1.54, 1.807) is 24.4 Å². The highest BCUT2D eigenvalue weighted by atomic mass is 16.5. The van der Waals surface area contributed by atoms with Gasteiger partial charge in [0.1, 0.15) is 0 Å². The average molecular weight is 472 g/mol. The molecule has 0 atom stereocenters. The molecule has 180 valence electrons. The summed E-state index contributed by atoms with van der Waals surface area (Å²) in [4.78, 5) is 28.5. The number of amides is 1. The highest BCUT2D eigenvalue weighted by Crippen LogP contribution is 2.34. The number of hydrogen-bond acceptors (Lipinski definition) is 7. The lowest BCUT2D eigenvalue weighted by atomic mass is 10.0. The van der Waals surface area contributed by atoms with Crippen LogP contribution in [0.15, 0.2) is 30.5 Å². The number of benzene rings is 1. The van der Waals surface area contributed by atoms with Crippen LogP contribution in [0.4, 0.5) is 5.69 Å². The first-order valence-electron chi connectivity index (χ1n) is 12.0. The minimum Gasteiger partial charge on any atom is -0.463 e. The molecule has 35 heavy (non-hydrogen) atoms. The molecular formula is C26H29N7O2. The van der Waals surface area contributed by atoms with Crippen molar-refractivity contribution >= 4 is 39.6 Å². The van der Waals surface area contributed by atoms with E-state index in [-0.39, 0.29) is 11.7 Å². The first-order valence-corrected chi connectivity index (χ1v) is 12.0. The number of aromatic nitrogens is 4. The standard InChI is InChI=1S/C22H21N7O2.C4H8/c23-10-13-14(24)3-4-16-18(13)12-9-17(28-20(21(25)30)19(12)27-16)15-5-7-26-22(29-15)31-8-6-11-1-2-11;1-4-2-3-4/h3-5,7,9-11,23,27H,1-2,6,8,24H2,(H2,25,30);4H,2-3H2,1H3. The van der Waals surface area contributed by atoms with Crippen molar-refractivity contribution in [3.63, 3.8) is 0 Å². The fourth-order valence-corrected chi connectivity index (χ4v) is 3.94. The van der Waals surface area contributed by atoms with Crippen molar-refractivity contribution in [1.82, 2.24) is 19.9 Å². The summed E-state index contributed by atoms with van der Waals surface area (Å²) < 4.78 is 5.70. The molecular weight excluding hydrogens is 442 g/mol. The Morgan fingerprint density at radius 2 is 1.97 bits per heavy atom. The van der Waals surface area contributed by atoms with Gasteiger partial charge in [-0.2, -0.15) is 4.98 Å². The van der Waals surface area contributed by atoms with Gasteiger partial charge in [-0.25, -0.2) is 9.97 Å². The largest absolute Gasteiger partial charge is 0.463 e. The maximum atomic E-state index is 12.2. The topological polar surface area (TPSA) is 157 Å². The number of ether oxygens (including phenoxy) is 1. The molecule has 1 aromatic carbocycles. The van der Waals surface area contributed by atoms with Crippen LogP contribution in [-0.4, -0.2) is 38.7 Å². The number of fused-ring (bicyclic) bond motifs is 3. The quantitative estimate of drug-likeness (QED) is 0.230. The summed E-state index contributed by atoms with van der Waals surface area (Å²) in [5.74, 6) is 1.17. The monoisotopic (exact) mass is 471 g/mol. The third kappa shape index (κ3) is 4.94. The summed E-state index contributed by atoms with van der Waals surface area (Å²) in [6.45, 7) is 2.84. The van der Waals surface area contributed by atoms with Crippen molar-refractivity contribution < 1.29 is 9.53 Å². The molecule has 9 nitrogen and oxygen atoms in total. The molecule has 4 aromatic rings. The molecule has 2 aliphatic rings. The molecule has 2 saturated carbocycles. The molecule has 3 aromatic heterocycles. The van der Waals surface area contributed by atoms with Crippen LogP contribution >= 0.6 is 0 Å². The number of rotatable bonds is 7. The highest BCUT2D eigenvalue weighted by Gasteiger charge is 2.22. The number of primary amides is 1. The first-order chi connectivity index (χ1) is 16.9. The van der Waals surface area contributed by atoms with Gasteiger partial charge in [-0.1, -0.05) is 32.6 Å². The summed E-state index contributed by atoms with van der Waals surface area (Å²) in [6, 6.07) is 7.30. The third-order valence-electron chi connectivity index (χ3n) is 6.42. The van der Waals surface area contributed by atoms with Gasteiger partial charge in [-0.15, -0.1) is 0 Å². The Kier molecular flexibility index (Phi) is 6.07. The van der Waals surface area contributed by atoms with Crippen LogP contribution in [0.3, 0.4) is 0 Å². The lowest BCUT2D eigenvalue weighted by molar-refractivity contribution is 0.0997. The molecule has 9 heteroatoms. The SMILES string of the molecule is CC1CC1.N=Cc1c(N)ccc2[nH]c3c(C(N)=O)nc(-c4ccnc(OCCC5CC5)n4)cc3c12. The normalized spacial score (nSPS) is 15.0. The molecule has 0 radical (unpaired) electrons. The van der Waals surface area contributed by atoms with Gasteiger partial charge in [0.25, 0.3) is 5.91 Å². The van der Waals surface area contributed by atoms with E-state index in [9.17, 15) is 4.79 Å². The van der Waals surface area contributed by atoms with E-state index in [0.717, 1.165) is 29.2 Å². The maximum absolute atomic E-state index is 12.2. The molecule has 2 fully saturated rings. The van der Waals surface area contributed by atoms with Gasteiger partial charge in [0.2, 0.25) is 0 Å². The van der Waals surface area contributed by atoms with E-state index < -0.39 is 5.91 Å². The van der Waals surface area contributed by atoms with Crippen LogP contribution in [0.1, 0.15) is 55.1 Å². The van der Waals surface area contributed by atoms with Gasteiger partial charge in [0.15, 0.2) is 5.69 Å². The van der Waals surface area contributed by atoms with E-state index in [1.807, 2.05) is 6.07 Å². The second-order valence-corrected chi connectivity index (χ2v) is 9.39. The molecule has 6 rings (SSSR count). The lowest BCUT2D eigenvalue weighted by Gasteiger charge is -2.07. The van der Waals surface area contributed by atoms with Crippen molar-refractivity contribution in [3.8, 4) is 17.4 Å². The summed E-state index contributed by atoms with van der Waals surface area (Å²) in [7, 11) is 0. The van der Waals surface area contributed by atoms with E-state index >= 15 is 0 Å². The molecule has 0 bridgehead atoms. The van der Waals surface area contributed by atoms with E-state index in [4.69, 9.17) is 21.6 Å². The Balaban J connectivity index is 0.000000577. The number of hydrogen-bond donors (Lipinski definition) is 4. The van der Waals surface area contributed by atoms with Gasteiger partial charge in [0, 0.05) is 40.0 Å². The maximum Gasteiger partial charge on any atom is 0.316 e. The van der Waals surface area contributed by atoms with E-state index in [2.05, 4.69) is 26.9 Å². The van der Waals surface area contributed by atoms with Gasteiger partial charge < -0.3 is 26.6 Å². The minimum absolute atomic E-state index is 0.0908. The molecule has 0 spiro atoms. The zero-order valence-electron chi connectivity index (χ0n) is 19.7. The zero-order valence-corrected chi connectivity index (χ0v) is 19.7.